The number of amides is 3. The van der Waals surface area contributed by atoms with Crippen LogP contribution in [-0.2, 0) is 9.59 Å². The molecule has 1 heterocycles. The van der Waals surface area contributed by atoms with Gasteiger partial charge in [-0.2, -0.15) is 0 Å². The number of aryl methyl sites for hydroxylation is 3. The molecule has 0 aliphatic rings. The van der Waals surface area contributed by atoms with Crippen molar-refractivity contribution in [3.05, 3.63) is 136 Å². The Balaban J connectivity index is 1.23. The lowest BCUT2D eigenvalue weighted by Crippen LogP contribution is -2.30. The van der Waals surface area contributed by atoms with E-state index in [-0.39, 0.29) is 23.3 Å². The first kappa shape index (κ1) is 31.4. The lowest BCUT2D eigenvalue weighted by atomic mass is 10.1. The van der Waals surface area contributed by atoms with Gasteiger partial charge in [0.15, 0.2) is 5.13 Å². The molecule has 0 aliphatic carbocycles. The number of carbonyl (C=O) groups is 3. The molecule has 5 aromatic rings. The summed E-state index contributed by atoms with van der Waals surface area (Å²) in [6, 6.07) is 31.8. The van der Waals surface area contributed by atoms with Gasteiger partial charge in [0.05, 0.1) is 11.4 Å². The molecule has 0 saturated heterocycles. The van der Waals surface area contributed by atoms with E-state index in [1.54, 1.807) is 48.5 Å². The van der Waals surface area contributed by atoms with Crippen LogP contribution in [-0.4, -0.2) is 28.5 Å². The molecule has 0 spiro atoms. The summed E-state index contributed by atoms with van der Waals surface area (Å²) in [5.74, 6) is -0.864. The van der Waals surface area contributed by atoms with E-state index in [2.05, 4.69) is 20.9 Å². The summed E-state index contributed by atoms with van der Waals surface area (Å²) < 4.78 is 0. The van der Waals surface area contributed by atoms with Crippen LogP contribution >= 0.6 is 23.1 Å². The van der Waals surface area contributed by atoms with Crippen molar-refractivity contribution in [2.75, 3.05) is 16.4 Å². The van der Waals surface area contributed by atoms with Crippen molar-refractivity contribution in [2.24, 2.45) is 0 Å². The minimum atomic E-state index is -0.469. The Morgan fingerprint density at radius 2 is 1.49 bits per heavy atom. The number of aromatic nitrogens is 1. The van der Waals surface area contributed by atoms with Crippen LogP contribution in [0.25, 0.3) is 17.3 Å². The predicted molar refractivity (Wildman–Crippen MR) is 185 cm³/mol. The van der Waals surface area contributed by atoms with Crippen LogP contribution in [0.4, 0.5) is 10.8 Å². The van der Waals surface area contributed by atoms with Gasteiger partial charge in [-0.15, -0.1) is 23.1 Å². The molecule has 3 N–H and O–H groups in total. The number of carbonyl (C=O) groups excluding carboxylic acids is 3. The van der Waals surface area contributed by atoms with Gasteiger partial charge in [0, 0.05) is 26.6 Å². The lowest BCUT2D eigenvalue weighted by Gasteiger charge is -2.12. The average molecular weight is 633 g/mol. The van der Waals surface area contributed by atoms with E-state index in [0.717, 1.165) is 32.2 Å². The average Bonchev–Trinajstić information content (AvgIpc) is 3.41. The fraction of sp³-hybridized carbons (Fsp3) is 0.111. The van der Waals surface area contributed by atoms with Gasteiger partial charge in [-0.3, -0.25) is 14.4 Å². The second-order valence-corrected chi connectivity index (χ2v) is 12.6. The summed E-state index contributed by atoms with van der Waals surface area (Å²) in [5, 5.41) is 9.10. The molecule has 226 valence electrons. The normalized spacial score (nSPS) is 11.1. The number of benzene rings is 4. The molecule has 5 rings (SSSR count). The van der Waals surface area contributed by atoms with Crippen molar-refractivity contribution in [1.82, 2.24) is 10.3 Å². The monoisotopic (exact) mass is 632 g/mol. The molecular weight excluding hydrogens is 601 g/mol. The van der Waals surface area contributed by atoms with Crippen molar-refractivity contribution in [3.63, 3.8) is 0 Å². The van der Waals surface area contributed by atoms with E-state index in [1.807, 2.05) is 81.4 Å². The zero-order valence-corrected chi connectivity index (χ0v) is 26.7. The maximum atomic E-state index is 13.4. The first-order valence-corrected chi connectivity index (χ1v) is 16.1. The van der Waals surface area contributed by atoms with Crippen LogP contribution in [0.5, 0.6) is 0 Å². The van der Waals surface area contributed by atoms with Crippen LogP contribution in [0.1, 0.15) is 31.9 Å². The van der Waals surface area contributed by atoms with Gasteiger partial charge in [-0.1, -0.05) is 83.9 Å². The number of nitrogens with zero attached hydrogens (tertiary/aromatic N) is 1. The number of rotatable bonds is 10. The quantitative estimate of drug-likeness (QED) is 0.107. The highest BCUT2D eigenvalue weighted by Gasteiger charge is 2.16. The molecule has 0 aliphatic heterocycles. The van der Waals surface area contributed by atoms with Gasteiger partial charge in [0.25, 0.3) is 11.8 Å². The van der Waals surface area contributed by atoms with Gasteiger partial charge in [-0.25, -0.2) is 4.98 Å². The third kappa shape index (κ3) is 8.78. The van der Waals surface area contributed by atoms with E-state index < -0.39 is 5.91 Å². The molecule has 9 heteroatoms. The molecule has 7 nitrogen and oxygen atoms in total. The first-order chi connectivity index (χ1) is 21.7. The highest BCUT2D eigenvalue weighted by atomic mass is 32.2. The standard InChI is InChI=1S/C36H32N4O3S2/c1-23-12-16-26(17-13-23)20-31(38-34(42)28-8-5-4-6-9-28)35(43)37-29-10-7-11-30(21-29)44-22-32(41)39-36-40-33(25(3)45-36)27-18-14-24(2)15-19-27/h4-21H,22H2,1-3H3,(H,37,43)(H,38,42)(H,39,40,41)/b31-20-. The van der Waals surface area contributed by atoms with Crippen LogP contribution in [0, 0.1) is 20.8 Å². The number of nitrogens with one attached hydrogen (secondary N) is 3. The summed E-state index contributed by atoms with van der Waals surface area (Å²) in [6.45, 7) is 6.01. The van der Waals surface area contributed by atoms with Gasteiger partial charge in [0.2, 0.25) is 5.91 Å². The lowest BCUT2D eigenvalue weighted by molar-refractivity contribution is -0.114. The highest BCUT2D eigenvalue weighted by Crippen LogP contribution is 2.31. The molecule has 45 heavy (non-hydrogen) atoms. The van der Waals surface area contributed by atoms with Crippen molar-refractivity contribution >= 4 is 57.7 Å². The van der Waals surface area contributed by atoms with Crippen molar-refractivity contribution in [1.29, 1.82) is 0 Å². The number of hydrogen-bond donors (Lipinski definition) is 3. The molecule has 4 aromatic carbocycles. The Hall–Kier alpha value is -4.99. The van der Waals surface area contributed by atoms with Crippen molar-refractivity contribution < 1.29 is 14.4 Å². The van der Waals surface area contributed by atoms with Crippen molar-refractivity contribution in [3.8, 4) is 11.3 Å². The van der Waals surface area contributed by atoms with Crippen LogP contribution < -0.4 is 16.0 Å². The van der Waals surface area contributed by atoms with Gasteiger partial charge in [-0.05, 0) is 62.7 Å². The molecular formula is C36H32N4O3S2. The minimum absolute atomic E-state index is 0.105. The molecule has 0 saturated carbocycles. The molecule has 0 bridgehead atoms. The predicted octanol–water partition coefficient (Wildman–Crippen LogP) is 7.88. The first-order valence-electron chi connectivity index (χ1n) is 14.3. The van der Waals surface area contributed by atoms with Gasteiger partial charge in [0.1, 0.15) is 5.70 Å². The summed E-state index contributed by atoms with van der Waals surface area (Å²) in [6.07, 6.45) is 1.64. The summed E-state index contributed by atoms with van der Waals surface area (Å²) >= 11 is 2.79. The smallest absolute Gasteiger partial charge is 0.272 e. The summed E-state index contributed by atoms with van der Waals surface area (Å²) in [4.78, 5) is 45.6. The molecule has 0 unspecified atom stereocenters. The Kier molecular flexibility index (Phi) is 10.2. The summed E-state index contributed by atoms with van der Waals surface area (Å²) in [5.41, 5.74) is 5.99. The van der Waals surface area contributed by atoms with Crippen LogP contribution in [0.2, 0.25) is 0 Å². The second kappa shape index (κ2) is 14.7. The molecule has 0 atom stereocenters. The second-order valence-electron chi connectivity index (χ2n) is 10.4. The van der Waals surface area contributed by atoms with E-state index in [9.17, 15) is 14.4 Å². The van der Waals surface area contributed by atoms with E-state index >= 15 is 0 Å². The number of thiazole rings is 1. The van der Waals surface area contributed by atoms with E-state index in [4.69, 9.17) is 0 Å². The maximum absolute atomic E-state index is 13.4. The topological polar surface area (TPSA) is 100 Å². The van der Waals surface area contributed by atoms with Crippen LogP contribution in [0.15, 0.2) is 114 Å². The fourth-order valence-corrected chi connectivity index (χ4v) is 5.97. The SMILES string of the molecule is Cc1ccc(/C=C(\NC(=O)c2ccccc2)C(=O)Nc2cccc(SCC(=O)Nc3nc(-c4ccc(C)cc4)c(C)s3)c2)cc1. The van der Waals surface area contributed by atoms with E-state index in [0.29, 0.717) is 16.4 Å². The minimum Gasteiger partial charge on any atom is -0.321 e. The number of hydrogen-bond acceptors (Lipinski definition) is 6. The zero-order valence-electron chi connectivity index (χ0n) is 25.1. The Morgan fingerprint density at radius 3 is 2.20 bits per heavy atom. The van der Waals surface area contributed by atoms with E-state index in [1.165, 1.54) is 28.7 Å². The van der Waals surface area contributed by atoms with Crippen LogP contribution in [0.3, 0.4) is 0 Å². The molecule has 1 aromatic heterocycles. The molecule has 0 radical (unpaired) electrons. The van der Waals surface area contributed by atoms with Gasteiger partial charge >= 0.3 is 0 Å². The number of anilines is 2. The molecule has 3 amide bonds. The van der Waals surface area contributed by atoms with Gasteiger partial charge < -0.3 is 16.0 Å². The third-order valence-electron chi connectivity index (χ3n) is 6.75. The largest absolute Gasteiger partial charge is 0.321 e. The molecule has 0 fully saturated rings. The van der Waals surface area contributed by atoms with Crippen molar-refractivity contribution in [2.45, 2.75) is 25.7 Å². The Morgan fingerprint density at radius 1 is 0.800 bits per heavy atom. The third-order valence-corrected chi connectivity index (χ3v) is 8.63. The summed E-state index contributed by atoms with van der Waals surface area (Å²) in [7, 11) is 0. The maximum Gasteiger partial charge on any atom is 0.272 e. The Labute approximate surface area is 270 Å². The zero-order chi connectivity index (χ0) is 31.8. The highest BCUT2D eigenvalue weighted by molar-refractivity contribution is 8.00. The fourth-order valence-electron chi connectivity index (χ4n) is 4.37. The Bertz CT molecular complexity index is 1850. The number of thioether (sulfide) groups is 1.